The molecule has 0 amide bonds. The maximum absolute atomic E-state index is 11.7. The molecule has 0 radical (unpaired) electrons. The maximum atomic E-state index is 11.7. The maximum Gasteiger partial charge on any atom is 0.314 e. The van der Waals surface area contributed by atoms with Crippen LogP contribution in [0.3, 0.4) is 0 Å². The second-order valence-electron chi connectivity index (χ2n) is 3.72. The van der Waals surface area contributed by atoms with Crippen molar-refractivity contribution in [1.82, 2.24) is 4.98 Å². The van der Waals surface area contributed by atoms with Crippen molar-refractivity contribution in [3.05, 3.63) is 34.4 Å². The van der Waals surface area contributed by atoms with Crippen LogP contribution in [0.15, 0.2) is 28.9 Å². The highest BCUT2D eigenvalue weighted by Gasteiger charge is 2.23. The van der Waals surface area contributed by atoms with Crippen LogP contribution in [0.25, 0.3) is 10.9 Å². The number of halogens is 1. The van der Waals surface area contributed by atoms with Crippen molar-refractivity contribution in [2.24, 2.45) is 5.73 Å². The summed E-state index contributed by atoms with van der Waals surface area (Å²) in [4.78, 5) is 14.8. The van der Waals surface area contributed by atoms with Gasteiger partial charge in [-0.3, -0.25) is 4.79 Å². The predicted molar refractivity (Wildman–Crippen MR) is 69.8 cm³/mol. The van der Waals surface area contributed by atoms with E-state index in [1.54, 1.807) is 0 Å². The summed E-state index contributed by atoms with van der Waals surface area (Å²) in [6.45, 7) is 0.223. The van der Waals surface area contributed by atoms with Gasteiger partial charge < -0.3 is 15.5 Å². The van der Waals surface area contributed by atoms with E-state index in [4.69, 9.17) is 10.5 Å². The molecule has 1 heterocycles. The van der Waals surface area contributed by atoms with Crippen LogP contribution in [-0.2, 0) is 9.53 Å². The summed E-state index contributed by atoms with van der Waals surface area (Å²) in [6.07, 6.45) is 1.81. The Balaban J connectivity index is 2.58. The van der Waals surface area contributed by atoms with Gasteiger partial charge in [0.15, 0.2) is 0 Å². The first-order valence-electron chi connectivity index (χ1n) is 5.22. The van der Waals surface area contributed by atoms with Gasteiger partial charge in [-0.05, 0) is 17.7 Å². The quantitative estimate of drug-likeness (QED) is 0.853. The van der Waals surface area contributed by atoms with Gasteiger partial charge in [-0.2, -0.15) is 0 Å². The molecule has 3 N–H and O–H groups in total. The van der Waals surface area contributed by atoms with Gasteiger partial charge in [-0.1, -0.05) is 22.0 Å². The largest absolute Gasteiger partial charge is 0.469 e. The number of carbonyl (C=O) groups is 1. The number of fused-ring (bicyclic) bond motifs is 1. The van der Waals surface area contributed by atoms with Crippen LogP contribution in [-0.4, -0.2) is 24.6 Å². The van der Waals surface area contributed by atoms with E-state index in [1.807, 2.05) is 24.4 Å². The number of rotatable bonds is 3. The lowest BCUT2D eigenvalue weighted by molar-refractivity contribution is -0.142. The number of esters is 1. The topological polar surface area (TPSA) is 68.1 Å². The fourth-order valence-corrected chi connectivity index (χ4v) is 2.53. The molecule has 0 aliphatic carbocycles. The molecule has 0 aliphatic heterocycles. The molecular formula is C12H13BrN2O2. The lowest BCUT2D eigenvalue weighted by atomic mass is 9.99. The molecule has 0 unspecified atom stereocenters. The lowest BCUT2D eigenvalue weighted by Crippen LogP contribution is -2.22. The van der Waals surface area contributed by atoms with Crippen molar-refractivity contribution >= 4 is 32.8 Å². The van der Waals surface area contributed by atoms with Crippen LogP contribution in [0.4, 0.5) is 0 Å². The van der Waals surface area contributed by atoms with E-state index in [0.717, 1.165) is 20.9 Å². The van der Waals surface area contributed by atoms with Gasteiger partial charge in [0.2, 0.25) is 0 Å². The fourth-order valence-electron chi connectivity index (χ4n) is 1.93. The second kappa shape index (κ2) is 4.89. The highest BCUT2D eigenvalue weighted by Crippen LogP contribution is 2.31. The number of hydrogen-bond acceptors (Lipinski definition) is 3. The summed E-state index contributed by atoms with van der Waals surface area (Å²) in [5.41, 5.74) is 7.48. The molecule has 0 aliphatic rings. The van der Waals surface area contributed by atoms with Gasteiger partial charge in [0.05, 0.1) is 13.0 Å². The molecule has 1 atom stereocenters. The molecule has 0 fully saturated rings. The zero-order valence-electron chi connectivity index (χ0n) is 9.37. The molecule has 2 rings (SSSR count). The third-order valence-electron chi connectivity index (χ3n) is 2.78. The molecule has 90 valence electrons. The van der Waals surface area contributed by atoms with Crippen molar-refractivity contribution in [2.75, 3.05) is 13.7 Å². The van der Waals surface area contributed by atoms with E-state index in [2.05, 4.69) is 20.9 Å². The van der Waals surface area contributed by atoms with E-state index in [9.17, 15) is 4.79 Å². The van der Waals surface area contributed by atoms with Crippen LogP contribution < -0.4 is 5.73 Å². The molecule has 4 nitrogen and oxygen atoms in total. The Labute approximate surface area is 107 Å². The lowest BCUT2D eigenvalue weighted by Gasteiger charge is -2.11. The standard InChI is InChI=1S/C12H13BrN2O2/c1-17-12(16)7(5-14)8-6-15-10-4-2-3-9(13)11(8)10/h2-4,6-7,15H,5,14H2,1H3/t7-/m1/s1. The molecule has 0 bridgehead atoms. The number of methoxy groups -OCH3 is 1. The first kappa shape index (κ1) is 12.1. The summed E-state index contributed by atoms with van der Waals surface area (Å²) >= 11 is 3.48. The van der Waals surface area contributed by atoms with Crippen LogP contribution in [0.2, 0.25) is 0 Å². The molecule has 0 saturated heterocycles. The number of nitrogens with one attached hydrogen (secondary N) is 1. The normalized spacial score (nSPS) is 12.6. The van der Waals surface area contributed by atoms with Crippen LogP contribution >= 0.6 is 15.9 Å². The molecule has 17 heavy (non-hydrogen) atoms. The van der Waals surface area contributed by atoms with Crippen LogP contribution in [0.1, 0.15) is 11.5 Å². The minimum Gasteiger partial charge on any atom is -0.469 e. The third kappa shape index (κ3) is 2.08. The molecular weight excluding hydrogens is 284 g/mol. The summed E-state index contributed by atoms with van der Waals surface area (Å²) in [5.74, 6) is -0.753. The Morgan fingerprint density at radius 3 is 3.00 bits per heavy atom. The summed E-state index contributed by atoms with van der Waals surface area (Å²) in [6, 6.07) is 5.82. The number of aromatic nitrogens is 1. The summed E-state index contributed by atoms with van der Waals surface area (Å²) < 4.78 is 5.71. The van der Waals surface area contributed by atoms with Gasteiger partial charge in [-0.15, -0.1) is 0 Å². The number of carbonyl (C=O) groups excluding carboxylic acids is 1. The average molecular weight is 297 g/mol. The van der Waals surface area contributed by atoms with Crippen molar-refractivity contribution in [3.63, 3.8) is 0 Å². The van der Waals surface area contributed by atoms with E-state index < -0.39 is 5.92 Å². The number of nitrogens with two attached hydrogens (primary N) is 1. The number of aromatic amines is 1. The molecule has 2 aromatic rings. The van der Waals surface area contributed by atoms with Crippen LogP contribution in [0, 0.1) is 0 Å². The second-order valence-corrected chi connectivity index (χ2v) is 4.57. The summed E-state index contributed by atoms with van der Waals surface area (Å²) in [7, 11) is 1.37. The van der Waals surface area contributed by atoms with Crippen molar-refractivity contribution in [3.8, 4) is 0 Å². The van der Waals surface area contributed by atoms with E-state index in [1.165, 1.54) is 7.11 Å². The molecule has 1 aromatic heterocycles. The first-order valence-corrected chi connectivity index (χ1v) is 6.01. The first-order chi connectivity index (χ1) is 8.19. The minimum absolute atomic E-state index is 0.223. The van der Waals surface area contributed by atoms with Gasteiger partial charge in [-0.25, -0.2) is 0 Å². The molecule has 5 heteroatoms. The monoisotopic (exact) mass is 296 g/mol. The van der Waals surface area contributed by atoms with Gasteiger partial charge in [0.1, 0.15) is 0 Å². The number of benzene rings is 1. The SMILES string of the molecule is COC(=O)[C@H](CN)c1c[nH]c2cccc(Br)c12. The Bertz CT molecular complexity index is 550. The molecule has 0 saturated carbocycles. The highest BCUT2D eigenvalue weighted by molar-refractivity contribution is 9.10. The Kier molecular flexibility index (Phi) is 3.49. The van der Waals surface area contributed by atoms with Crippen molar-refractivity contribution in [1.29, 1.82) is 0 Å². The van der Waals surface area contributed by atoms with Gasteiger partial charge in [0.25, 0.3) is 0 Å². The third-order valence-corrected chi connectivity index (χ3v) is 3.44. The Morgan fingerprint density at radius 2 is 2.35 bits per heavy atom. The Hall–Kier alpha value is -1.33. The van der Waals surface area contributed by atoms with Gasteiger partial charge >= 0.3 is 5.97 Å². The number of hydrogen-bond donors (Lipinski definition) is 2. The van der Waals surface area contributed by atoms with E-state index in [-0.39, 0.29) is 12.5 Å². The number of H-pyrrole nitrogens is 1. The molecule has 0 spiro atoms. The zero-order chi connectivity index (χ0) is 12.4. The average Bonchev–Trinajstić information content (AvgIpc) is 2.75. The highest BCUT2D eigenvalue weighted by atomic mass is 79.9. The van der Waals surface area contributed by atoms with E-state index in [0.29, 0.717) is 0 Å². The van der Waals surface area contributed by atoms with Gasteiger partial charge in [0, 0.05) is 28.1 Å². The Morgan fingerprint density at radius 1 is 1.59 bits per heavy atom. The van der Waals surface area contributed by atoms with Crippen molar-refractivity contribution < 1.29 is 9.53 Å². The smallest absolute Gasteiger partial charge is 0.314 e. The van der Waals surface area contributed by atoms with Crippen LogP contribution in [0.5, 0.6) is 0 Å². The summed E-state index contributed by atoms with van der Waals surface area (Å²) in [5, 5.41) is 0.980. The van der Waals surface area contributed by atoms with Crippen molar-refractivity contribution in [2.45, 2.75) is 5.92 Å². The minimum atomic E-state index is -0.438. The predicted octanol–water partition coefficient (Wildman–Crippen LogP) is 2.15. The zero-order valence-corrected chi connectivity index (χ0v) is 11.0. The fraction of sp³-hybridized carbons (Fsp3) is 0.250. The number of ether oxygens (including phenoxy) is 1. The molecule has 1 aromatic carbocycles. The van der Waals surface area contributed by atoms with E-state index >= 15 is 0 Å².